The van der Waals surface area contributed by atoms with Crippen LogP contribution in [0.1, 0.15) is 48.8 Å². The average molecular weight is 453 g/mol. The number of rotatable bonds is 1. The second-order valence-corrected chi connectivity index (χ2v) is 9.96. The fourth-order valence-electron chi connectivity index (χ4n) is 6.11. The molecule has 30 heavy (non-hydrogen) atoms. The van der Waals surface area contributed by atoms with Gasteiger partial charge >= 0.3 is 0 Å². The van der Waals surface area contributed by atoms with E-state index in [1.165, 1.54) is 75.2 Å². The molecule has 2 aliphatic rings. The van der Waals surface area contributed by atoms with E-state index < -0.39 is 0 Å². The molecule has 0 saturated heterocycles. The van der Waals surface area contributed by atoms with Crippen molar-refractivity contribution in [1.29, 1.82) is 0 Å². The van der Waals surface area contributed by atoms with Gasteiger partial charge in [0.1, 0.15) is 0 Å². The quantitative estimate of drug-likeness (QED) is 0.270. The highest BCUT2D eigenvalue weighted by Crippen LogP contribution is 2.59. The summed E-state index contributed by atoms with van der Waals surface area (Å²) < 4.78 is 1.20. The van der Waals surface area contributed by atoms with E-state index in [1.807, 2.05) is 0 Å². The Kier molecular flexibility index (Phi) is 4.18. The number of hydrogen-bond acceptors (Lipinski definition) is 0. The summed E-state index contributed by atoms with van der Waals surface area (Å²) >= 11 is 3.77. The fourth-order valence-corrected chi connectivity index (χ4v) is 6.47. The summed E-state index contributed by atoms with van der Waals surface area (Å²) in [5, 5.41) is 2.77. The van der Waals surface area contributed by atoms with Crippen LogP contribution < -0.4 is 0 Å². The average Bonchev–Trinajstić information content (AvgIpc) is 3.03. The van der Waals surface area contributed by atoms with E-state index in [4.69, 9.17) is 0 Å². The second kappa shape index (κ2) is 6.82. The van der Waals surface area contributed by atoms with Gasteiger partial charge in [-0.15, -0.1) is 0 Å². The molecule has 0 radical (unpaired) electrons. The molecule has 0 aliphatic heterocycles. The van der Waals surface area contributed by atoms with Crippen molar-refractivity contribution < 1.29 is 0 Å². The maximum atomic E-state index is 3.77. The van der Waals surface area contributed by atoms with Crippen LogP contribution in [-0.2, 0) is 5.41 Å². The normalized spacial score (nSPS) is 16.6. The Labute approximate surface area is 187 Å². The highest BCUT2D eigenvalue weighted by molar-refractivity contribution is 9.10. The van der Waals surface area contributed by atoms with Gasteiger partial charge in [-0.25, -0.2) is 0 Å². The Morgan fingerprint density at radius 1 is 0.667 bits per heavy atom. The van der Waals surface area contributed by atoms with Crippen LogP contribution in [0.25, 0.3) is 33.0 Å². The maximum absolute atomic E-state index is 3.77. The number of fused-ring (bicyclic) bond motifs is 7. The molecule has 0 aromatic heterocycles. The first-order valence-electron chi connectivity index (χ1n) is 11.1. The molecule has 1 fully saturated rings. The molecular formula is C29H25Br. The van der Waals surface area contributed by atoms with Gasteiger partial charge in [-0.2, -0.15) is 0 Å². The second-order valence-electron chi connectivity index (χ2n) is 9.04. The predicted octanol–water partition coefficient (Wildman–Crippen LogP) is 8.81. The molecule has 0 heterocycles. The van der Waals surface area contributed by atoms with Gasteiger partial charge in [0.05, 0.1) is 0 Å². The van der Waals surface area contributed by atoms with E-state index in [-0.39, 0.29) is 5.41 Å². The van der Waals surface area contributed by atoms with Crippen LogP contribution in [0.5, 0.6) is 0 Å². The number of hydrogen-bond donors (Lipinski definition) is 0. The van der Waals surface area contributed by atoms with Gasteiger partial charge in [0.25, 0.3) is 0 Å². The van der Waals surface area contributed by atoms with Crippen LogP contribution in [0, 0.1) is 6.92 Å². The molecule has 0 amide bonds. The minimum atomic E-state index is 0.161. The molecule has 2 aliphatic carbocycles. The van der Waals surface area contributed by atoms with Crippen LogP contribution in [0.4, 0.5) is 0 Å². The van der Waals surface area contributed by atoms with Crippen molar-refractivity contribution >= 4 is 26.7 Å². The zero-order chi connectivity index (χ0) is 20.3. The standard InChI is InChI=1S/C29H25Br/c1-19-9-3-4-10-21(19)25-18-27-28(23-12-6-5-11-22(23)25)24-14-13-20(30)17-26(24)29(27)15-7-2-8-16-29/h3-6,9-14,17-18H,2,7-8,15-16H2,1H3. The lowest BCUT2D eigenvalue weighted by Crippen LogP contribution is -2.28. The molecule has 1 spiro atoms. The van der Waals surface area contributed by atoms with Gasteiger partial charge in [-0.1, -0.05) is 89.8 Å². The van der Waals surface area contributed by atoms with Crippen LogP contribution in [0.3, 0.4) is 0 Å². The van der Waals surface area contributed by atoms with E-state index in [2.05, 4.69) is 95.7 Å². The lowest BCUT2D eigenvalue weighted by molar-refractivity contribution is 0.353. The summed E-state index contributed by atoms with van der Waals surface area (Å²) in [6.07, 6.45) is 6.51. The van der Waals surface area contributed by atoms with E-state index in [0.29, 0.717) is 0 Å². The molecule has 0 N–H and O–H groups in total. The van der Waals surface area contributed by atoms with Gasteiger partial charge in [0.15, 0.2) is 0 Å². The van der Waals surface area contributed by atoms with Crippen LogP contribution in [-0.4, -0.2) is 0 Å². The molecule has 4 aromatic rings. The van der Waals surface area contributed by atoms with E-state index in [1.54, 1.807) is 11.1 Å². The molecule has 0 bridgehead atoms. The molecule has 1 saturated carbocycles. The number of halogens is 1. The van der Waals surface area contributed by atoms with Crippen molar-refractivity contribution in [3.8, 4) is 22.3 Å². The first-order chi connectivity index (χ1) is 14.7. The van der Waals surface area contributed by atoms with Crippen molar-refractivity contribution in [2.75, 3.05) is 0 Å². The minimum Gasteiger partial charge on any atom is -0.0620 e. The Morgan fingerprint density at radius 2 is 1.40 bits per heavy atom. The van der Waals surface area contributed by atoms with Crippen molar-refractivity contribution in [1.82, 2.24) is 0 Å². The topological polar surface area (TPSA) is 0 Å². The summed E-state index contributed by atoms with van der Waals surface area (Å²) in [4.78, 5) is 0. The number of aryl methyl sites for hydroxylation is 1. The largest absolute Gasteiger partial charge is 0.0620 e. The Hall–Kier alpha value is -2.38. The smallest absolute Gasteiger partial charge is 0.0216 e. The van der Waals surface area contributed by atoms with Crippen molar-refractivity contribution in [3.05, 3.63) is 94.0 Å². The van der Waals surface area contributed by atoms with E-state index in [9.17, 15) is 0 Å². The van der Waals surface area contributed by atoms with Crippen molar-refractivity contribution in [3.63, 3.8) is 0 Å². The summed E-state index contributed by atoms with van der Waals surface area (Å²) in [5.74, 6) is 0. The van der Waals surface area contributed by atoms with Crippen LogP contribution in [0.15, 0.2) is 77.3 Å². The molecular weight excluding hydrogens is 428 g/mol. The third-order valence-corrected chi connectivity index (χ3v) is 7.96. The van der Waals surface area contributed by atoms with Crippen molar-refractivity contribution in [2.45, 2.75) is 44.4 Å². The zero-order valence-corrected chi connectivity index (χ0v) is 18.9. The lowest BCUT2D eigenvalue weighted by Gasteiger charge is -2.36. The summed E-state index contributed by atoms with van der Waals surface area (Å²) in [6, 6.07) is 27.4. The van der Waals surface area contributed by atoms with Gasteiger partial charge < -0.3 is 0 Å². The van der Waals surface area contributed by atoms with Gasteiger partial charge in [-0.3, -0.25) is 0 Å². The Morgan fingerprint density at radius 3 is 2.20 bits per heavy atom. The first kappa shape index (κ1) is 18.4. The summed E-state index contributed by atoms with van der Waals surface area (Å²) in [7, 11) is 0. The molecule has 4 aromatic carbocycles. The number of benzene rings is 4. The Balaban J connectivity index is 1.76. The Bertz CT molecular complexity index is 1290. The van der Waals surface area contributed by atoms with Gasteiger partial charge in [0.2, 0.25) is 0 Å². The predicted molar refractivity (Wildman–Crippen MR) is 131 cm³/mol. The monoisotopic (exact) mass is 452 g/mol. The summed E-state index contributed by atoms with van der Waals surface area (Å²) in [5.41, 5.74) is 10.3. The summed E-state index contributed by atoms with van der Waals surface area (Å²) in [6.45, 7) is 2.24. The highest BCUT2D eigenvalue weighted by Gasteiger charge is 2.44. The molecule has 1 heteroatoms. The first-order valence-corrected chi connectivity index (χ1v) is 11.9. The molecule has 148 valence electrons. The lowest BCUT2D eigenvalue weighted by atomic mass is 9.67. The van der Waals surface area contributed by atoms with Gasteiger partial charge in [0, 0.05) is 9.89 Å². The van der Waals surface area contributed by atoms with Crippen LogP contribution >= 0.6 is 15.9 Å². The van der Waals surface area contributed by atoms with Crippen molar-refractivity contribution in [2.24, 2.45) is 0 Å². The van der Waals surface area contributed by atoms with E-state index in [0.717, 1.165) is 0 Å². The molecule has 0 unspecified atom stereocenters. The highest BCUT2D eigenvalue weighted by atomic mass is 79.9. The minimum absolute atomic E-state index is 0.161. The van der Waals surface area contributed by atoms with E-state index >= 15 is 0 Å². The fraction of sp³-hybridized carbons (Fsp3) is 0.241. The van der Waals surface area contributed by atoms with Gasteiger partial charge in [-0.05, 0) is 87.7 Å². The third-order valence-electron chi connectivity index (χ3n) is 7.47. The molecule has 0 atom stereocenters. The maximum Gasteiger partial charge on any atom is 0.0216 e. The zero-order valence-electron chi connectivity index (χ0n) is 17.3. The molecule has 6 rings (SSSR count). The van der Waals surface area contributed by atoms with Crippen LogP contribution in [0.2, 0.25) is 0 Å². The SMILES string of the molecule is Cc1ccccc1-c1cc2c(c3ccccc13)-c1ccc(Br)cc1C21CCCCC1. The third kappa shape index (κ3) is 2.51. The molecule has 0 nitrogen and oxygen atoms in total.